The number of aliphatic hydroxyl groups excluding tert-OH is 1. The number of thiophene rings is 1. The highest BCUT2D eigenvalue weighted by Gasteiger charge is 2.17. The molecule has 0 bridgehead atoms. The van der Waals surface area contributed by atoms with Crippen LogP contribution in [0.15, 0.2) is 33.4 Å². The molecule has 2 rings (SSSR count). The van der Waals surface area contributed by atoms with E-state index in [1.165, 1.54) is 12.1 Å². The fraction of sp³-hybridized carbons (Fsp3) is 0.353. The molecule has 7 heteroatoms. The first-order chi connectivity index (χ1) is 11.7. The summed E-state index contributed by atoms with van der Waals surface area (Å²) >= 11 is 4.70. The number of ether oxygens (including phenoxy) is 1. The van der Waals surface area contributed by atoms with Crippen LogP contribution in [-0.2, 0) is 0 Å². The summed E-state index contributed by atoms with van der Waals surface area (Å²) in [5.41, 5.74) is 1.19. The van der Waals surface area contributed by atoms with Crippen LogP contribution in [0.2, 0.25) is 0 Å². The molecule has 0 saturated heterocycles. The number of nitriles is 1. The number of hydrogen-bond acceptors (Lipinski definition) is 5. The fourth-order valence-corrected chi connectivity index (χ4v) is 3.20. The van der Waals surface area contributed by atoms with Gasteiger partial charge in [0.15, 0.2) is 0 Å². The molecule has 0 saturated carbocycles. The second kappa shape index (κ2) is 9.74. The second-order valence-electron chi connectivity index (χ2n) is 5.15. The third-order valence-corrected chi connectivity index (χ3v) is 4.73. The first kappa shape index (κ1) is 18.9. The summed E-state index contributed by atoms with van der Waals surface area (Å²) in [6.45, 7) is 1.61. The smallest absolute Gasteiger partial charge is 0.139 e. The first-order valence-corrected chi connectivity index (χ1v) is 9.28. The van der Waals surface area contributed by atoms with Crippen molar-refractivity contribution < 1.29 is 14.2 Å². The predicted octanol–water partition coefficient (Wildman–Crippen LogP) is 4.00. The van der Waals surface area contributed by atoms with Crippen molar-refractivity contribution in [3.05, 3.63) is 50.4 Å². The molecular formula is C17H18BrFN2O2S. The maximum absolute atomic E-state index is 13.6. The number of benzene rings is 1. The Morgan fingerprint density at radius 1 is 1.42 bits per heavy atom. The number of nitrogens with one attached hydrogen (secondary N) is 1. The molecule has 0 aliphatic carbocycles. The topological polar surface area (TPSA) is 65.3 Å². The van der Waals surface area contributed by atoms with Crippen molar-refractivity contribution in [2.45, 2.75) is 18.9 Å². The molecule has 1 unspecified atom stereocenters. The fourth-order valence-electron chi connectivity index (χ4n) is 2.18. The van der Waals surface area contributed by atoms with E-state index in [4.69, 9.17) is 9.84 Å². The lowest BCUT2D eigenvalue weighted by Gasteiger charge is -2.20. The van der Waals surface area contributed by atoms with Crippen molar-refractivity contribution in [2.24, 2.45) is 0 Å². The van der Waals surface area contributed by atoms with Gasteiger partial charge in [0.2, 0.25) is 0 Å². The molecule has 0 spiro atoms. The Kier molecular flexibility index (Phi) is 7.66. The molecule has 1 atom stereocenters. The number of halogens is 2. The minimum absolute atomic E-state index is 0.159. The lowest BCUT2D eigenvalue weighted by atomic mass is 10.1. The van der Waals surface area contributed by atoms with Gasteiger partial charge >= 0.3 is 0 Å². The van der Waals surface area contributed by atoms with Gasteiger partial charge in [-0.15, -0.1) is 0 Å². The molecule has 1 aromatic heterocycles. The molecular weight excluding hydrogens is 395 g/mol. The summed E-state index contributed by atoms with van der Waals surface area (Å²) in [7, 11) is 0. The van der Waals surface area contributed by atoms with E-state index in [1.807, 2.05) is 22.9 Å². The van der Waals surface area contributed by atoms with Gasteiger partial charge in [-0.1, -0.05) is 0 Å². The van der Waals surface area contributed by atoms with Crippen LogP contribution >= 0.6 is 27.3 Å². The molecule has 0 radical (unpaired) electrons. The van der Waals surface area contributed by atoms with Crippen molar-refractivity contribution in [2.75, 3.05) is 19.7 Å². The Hall–Kier alpha value is -1.46. The van der Waals surface area contributed by atoms with Crippen molar-refractivity contribution in [3.8, 4) is 11.8 Å². The maximum Gasteiger partial charge on any atom is 0.139 e. The molecule has 0 aliphatic heterocycles. The van der Waals surface area contributed by atoms with E-state index < -0.39 is 5.82 Å². The highest BCUT2D eigenvalue weighted by molar-refractivity contribution is 9.10. The van der Waals surface area contributed by atoms with Crippen LogP contribution in [0, 0.1) is 17.1 Å². The lowest BCUT2D eigenvalue weighted by molar-refractivity contribution is 0.193. The van der Waals surface area contributed by atoms with E-state index in [2.05, 4.69) is 21.2 Å². The molecule has 1 aromatic carbocycles. The van der Waals surface area contributed by atoms with Gasteiger partial charge in [0.1, 0.15) is 23.7 Å². The van der Waals surface area contributed by atoms with Crippen molar-refractivity contribution in [1.82, 2.24) is 5.32 Å². The molecule has 24 heavy (non-hydrogen) atoms. The van der Waals surface area contributed by atoms with Crippen LogP contribution in [0.25, 0.3) is 0 Å². The first-order valence-electron chi connectivity index (χ1n) is 7.55. The highest BCUT2D eigenvalue weighted by atomic mass is 79.9. The Bertz CT molecular complexity index is 689. The molecule has 2 aromatic rings. The van der Waals surface area contributed by atoms with Gasteiger partial charge in [-0.2, -0.15) is 16.6 Å². The summed E-state index contributed by atoms with van der Waals surface area (Å²) in [5, 5.41) is 25.2. The van der Waals surface area contributed by atoms with E-state index in [1.54, 1.807) is 11.3 Å². The van der Waals surface area contributed by atoms with Gasteiger partial charge in [-0.05, 0) is 64.4 Å². The van der Waals surface area contributed by atoms with Crippen LogP contribution in [0.4, 0.5) is 4.39 Å². The molecule has 2 N–H and O–H groups in total. The van der Waals surface area contributed by atoms with Gasteiger partial charge < -0.3 is 15.2 Å². The number of hydrogen-bond donors (Lipinski definition) is 2. The van der Waals surface area contributed by atoms with Gasteiger partial charge in [0.05, 0.1) is 10.0 Å². The highest BCUT2D eigenvalue weighted by Crippen LogP contribution is 2.32. The van der Waals surface area contributed by atoms with Gasteiger partial charge in [-0.25, -0.2) is 4.39 Å². The second-order valence-corrected chi connectivity index (χ2v) is 6.79. The standard InChI is InChI=1S/C17H18BrFN2O2S/c18-14-9-17(13(10-20)8-15(14)19)23-16(12-3-7-24-11-12)2-5-21-4-1-6-22/h3,7-9,11,16,21-22H,1-2,4-6H2. The maximum atomic E-state index is 13.6. The zero-order chi connectivity index (χ0) is 17.4. The largest absolute Gasteiger partial charge is 0.484 e. The van der Waals surface area contributed by atoms with Crippen LogP contribution < -0.4 is 10.1 Å². The van der Waals surface area contributed by atoms with Gasteiger partial charge in [0.25, 0.3) is 0 Å². The van der Waals surface area contributed by atoms with E-state index in [9.17, 15) is 9.65 Å². The van der Waals surface area contributed by atoms with Crippen molar-refractivity contribution in [3.63, 3.8) is 0 Å². The molecule has 1 heterocycles. The quantitative estimate of drug-likeness (QED) is 0.610. The summed E-state index contributed by atoms with van der Waals surface area (Å²) in [5.74, 6) is -0.131. The minimum Gasteiger partial charge on any atom is -0.484 e. The van der Waals surface area contributed by atoms with E-state index >= 15 is 0 Å². The SMILES string of the molecule is N#Cc1cc(F)c(Br)cc1OC(CCNCCCO)c1ccsc1. The van der Waals surface area contributed by atoms with E-state index in [-0.39, 0.29) is 22.7 Å². The Labute approximate surface area is 153 Å². The number of aliphatic hydroxyl groups is 1. The average Bonchev–Trinajstić information content (AvgIpc) is 3.11. The predicted molar refractivity (Wildman–Crippen MR) is 95.7 cm³/mol. The van der Waals surface area contributed by atoms with Gasteiger partial charge in [0, 0.05) is 18.6 Å². The zero-order valence-electron chi connectivity index (χ0n) is 13.0. The van der Waals surface area contributed by atoms with Crippen LogP contribution in [0.3, 0.4) is 0 Å². The third-order valence-electron chi connectivity index (χ3n) is 3.42. The van der Waals surface area contributed by atoms with Crippen molar-refractivity contribution >= 4 is 27.3 Å². The van der Waals surface area contributed by atoms with Crippen LogP contribution in [0.1, 0.15) is 30.1 Å². The van der Waals surface area contributed by atoms with Crippen molar-refractivity contribution in [1.29, 1.82) is 5.26 Å². The Balaban J connectivity index is 2.11. The molecule has 128 valence electrons. The molecule has 0 fully saturated rings. The van der Waals surface area contributed by atoms with Crippen LogP contribution in [0.5, 0.6) is 5.75 Å². The Morgan fingerprint density at radius 2 is 2.25 bits per heavy atom. The molecule has 4 nitrogen and oxygen atoms in total. The summed E-state index contributed by atoms with van der Waals surface area (Å²) in [6.07, 6.45) is 1.16. The van der Waals surface area contributed by atoms with Gasteiger partial charge in [-0.3, -0.25) is 0 Å². The number of rotatable bonds is 9. The van der Waals surface area contributed by atoms with E-state index in [0.29, 0.717) is 25.1 Å². The minimum atomic E-state index is -0.489. The zero-order valence-corrected chi connectivity index (χ0v) is 15.4. The normalized spacial score (nSPS) is 11.9. The number of nitrogens with zero attached hydrogens (tertiary/aromatic N) is 1. The summed E-state index contributed by atoms with van der Waals surface area (Å²) in [6, 6.07) is 6.61. The third kappa shape index (κ3) is 5.28. The van der Waals surface area contributed by atoms with E-state index in [0.717, 1.165) is 12.1 Å². The van der Waals surface area contributed by atoms with Crippen LogP contribution in [-0.4, -0.2) is 24.8 Å². The summed E-state index contributed by atoms with van der Waals surface area (Å²) in [4.78, 5) is 0. The Morgan fingerprint density at radius 3 is 2.92 bits per heavy atom. The monoisotopic (exact) mass is 412 g/mol. The molecule has 0 amide bonds. The lowest BCUT2D eigenvalue weighted by Crippen LogP contribution is -2.21. The average molecular weight is 413 g/mol. The molecule has 0 aliphatic rings. The summed E-state index contributed by atoms with van der Waals surface area (Å²) < 4.78 is 19.9.